The molecule has 0 spiro atoms. The van der Waals surface area contributed by atoms with Gasteiger partial charge in [-0.1, -0.05) is 29.8 Å². The Bertz CT molecular complexity index is 942. The highest BCUT2D eigenvalue weighted by molar-refractivity contribution is 6.40. The summed E-state index contributed by atoms with van der Waals surface area (Å²) < 4.78 is 5.26. The van der Waals surface area contributed by atoms with E-state index in [1.807, 2.05) is 49.4 Å². The minimum atomic E-state index is -0.673. The Morgan fingerprint density at radius 3 is 2.71 bits per heavy atom. The van der Waals surface area contributed by atoms with Crippen LogP contribution in [0.25, 0.3) is 16.4 Å². The van der Waals surface area contributed by atoms with E-state index in [1.54, 1.807) is 18.3 Å². The average Bonchev–Trinajstić information content (AvgIpc) is 2.62. The number of benzene rings is 2. The van der Waals surface area contributed by atoms with E-state index < -0.39 is 5.97 Å². The summed E-state index contributed by atoms with van der Waals surface area (Å²) in [5, 5.41) is 0.973. The van der Waals surface area contributed by atoms with Gasteiger partial charge in [0.15, 0.2) is 0 Å². The van der Waals surface area contributed by atoms with Crippen LogP contribution in [0.2, 0.25) is 0 Å². The summed E-state index contributed by atoms with van der Waals surface area (Å²) in [4.78, 5) is 19.5. The Hall–Kier alpha value is -3.30. The standard InChI is InChI=1S/C19H15N3O2/c1-13-4-7-15(8-5-13)18(22-20)19(23)24-12-14-6-9-17-16(11-14)3-2-10-21-17/h2-11H,12H2,1H3. The van der Waals surface area contributed by atoms with Crippen molar-refractivity contribution in [1.82, 2.24) is 4.98 Å². The number of nitrogens with zero attached hydrogens (tertiary/aromatic N) is 3. The second-order valence-corrected chi connectivity index (χ2v) is 5.42. The number of rotatable bonds is 4. The molecule has 0 unspecified atom stereocenters. The number of fused-ring (bicyclic) bond motifs is 1. The zero-order chi connectivity index (χ0) is 16.9. The molecule has 0 aliphatic heterocycles. The number of carbonyl (C=O) groups is 1. The normalized spacial score (nSPS) is 10.2. The van der Waals surface area contributed by atoms with Gasteiger partial charge in [0.25, 0.3) is 0 Å². The fraction of sp³-hybridized carbons (Fsp3) is 0.105. The quantitative estimate of drug-likeness (QED) is 0.321. The third kappa shape index (κ3) is 3.37. The van der Waals surface area contributed by atoms with Crippen molar-refractivity contribution in [2.24, 2.45) is 0 Å². The van der Waals surface area contributed by atoms with Crippen LogP contribution in [0.15, 0.2) is 60.8 Å². The first-order chi connectivity index (χ1) is 11.7. The minimum Gasteiger partial charge on any atom is -0.452 e. The number of esters is 1. The Labute approximate surface area is 139 Å². The van der Waals surface area contributed by atoms with Gasteiger partial charge in [-0.2, -0.15) is 4.79 Å². The minimum absolute atomic E-state index is 0.0918. The fourth-order valence-corrected chi connectivity index (χ4v) is 2.36. The average molecular weight is 317 g/mol. The van der Waals surface area contributed by atoms with E-state index >= 15 is 0 Å². The molecule has 0 atom stereocenters. The second-order valence-electron chi connectivity index (χ2n) is 5.42. The van der Waals surface area contributed by atoms with Crippen molar-refractivity contribution < 1.29 is 14.3 Å². The molecule has 0 amide bonds. The maximum Gasteiger partial charge on any atom is 0.422 e. The summed E-state index contributed by atoms with van der Waals surface area (Å²) in [5.74, 6) is -0.673. The van der Waals surface area contributed by atoms with Crippen molar-refractivity contribution in [3.05, 3.63) is 83.0 Å². The fourth-order valence-electron chi connectivity index (χ4n) is 2.36. The molecule has 0 fully saturated rings. The highest BCUT2D eigenvalue weighted by Crippen LogP contribution is 2.14. The van der Waals surface area contributed by atoms with Crippen LogP contribution in [0.5, 0.6) is 0 Å². The Balaban J connectivity index is 1.73. The Kier molecular flexibility index (Phi) is 4.45. The van der Waals surface area contributed by atoms with Crippen molar-refractivity contribution in [3.8, 4) is 0 Å². The van der Waals surface area contributed by atoms with Crippen molar-refractivity contribution >= 4 is 22.6 Å². The maximum atomic E-state index is 12.2. The number of pyridine rings is 1. The lowest BCUT2D eigenvalue weighted by Gasteiger charge is -2.04. The van der Waals surface area contributed by atoms with Crippen LogP contribution in [-0.2, 0) is 16.1 Å². The molecule has 0 aliphatic carbocycles. The molecule has 0 saturated carbocycles. The van der Waals surface area contributed by atoms with E-state index in [0.29, 0.717) is 5.56 Å². The highest BCUT2D eigenvalue weighted by atomic mass is 16.5. The highest BCUT2D eigenvalue weighted by Gasteiger charge is 2.24. The van der Waals surface area contributed by atoms with Crippen LogP contribution in [-0.4, -0.2) is 21.5 Å². The molecule has 1 heterocycles. The second kappa shape index (κ2) is 6.86. The van der Waals surface area contributed by atoms with Gasteiger partial charge in [-0.3, -0.25) is 4.98 Å². The van der Waals surface area contributed by atoms with Gasteiger partial charge in [0.05, 0.1) is 11.1 Å². The summed E-state index contributed by atoms with van der Waals surface area (Å²) in [5.41, 5.74) is 12.3. The van der Waals surface area contributed by atoms with Gasteiger partial charge in [-0.25, -0.2) is 4.79 Å². The lowest BCUT2D eigenvalue weighted by molar-refractivity contribution is -0.141. The molecule has 0 saturated heterocycles. The number of hydrogen-bond acceptors (Lipinski definition) is 3. The van der Waals surface area contributed by atoms with Gasteiger partial charge in [-0.05, 0) is 42.8 Å². The van der Waals surface area contributed by atoms with Gasteiger partial charge in [-0.15, -0.1) is 0 Å². The summed E-state index contributed by atoms with van der Waals surface area (Å²) in [6, 6.07) is 16.5. The maximum absolute atomic E-state index is 12.2. The van der Waals surface area contributed by atoms with E-state index in [-0.39, 0.29) is 12.3 Å². The molecular formula is C19H15N3O2. The first kappa shape index (κ1) is 15.6. The zero-order valence-electron chi connectivity index (χ0n) is 13.1. The molecule has 0 N–H and O–H groups in total. The molecule has 5 nitrogen and oxygen atoms in total. The molecule has 1 aromatic heterocycles. The lowest BCUT2D eigenvalue weighted by atomic mass is 10.1. The van der Waals surface area contributed by atoms with Gasteiger partial charge < -0.3 is 10.3 Å². The number of aromatic nitrogens is 1. The Morgan fingerprint density at radius 2 is 1.96 bits per heavy atom. The third-order valence-corrected chi connectivity index (χ3v) is 3.66. The van der Waals surface area contributed by atoms with Crippen LogP contribution in [0, 0.1) is 6.92 Å². The largest absolute Gasteiger partial charge is 0.452 e. The van der Waals surface area contributed by atoms with Crippen LogP contribution in [0.1, 0.15) is 16.7 Å². The summed E-state index contributed by atoms with van der Waals surface area (Å²) in [7, 11) is 0. The summed E-state index contributed by atoms with van der Waals surface area (Å²) in [6.07, 6.45) is 1.73. The summed E-state index contributed by atoms with van der Waals surface area (Å²) in [6.45, 7) is 2.03. The number of ether oxygens (including phenoxy) is 1. The molecular weight excluding hydrogens is 302 g/mol. The van der Waals surface area contributed by atoms with Crippen LogP contribution in [0.4, 0.5) is 0 Å². The van der Waals surface area contributed by atoms with Crippen LogP contribution < -0.4 is 0 Å². The van der Waals surface area contributed by atoms with E-state index in [9.17, 15) is 4.79 Å². The number of carbonyl (C=O) groups excluding carboxylic acids is 1. The summed E-state index contributed by atoms with van der Waals surface area (Å²) >= 11 is 0. The topological polar surface area (TPSA) is 75.6 Å². The van der Waals surface area contributed by atoms with Crippen molar-refractivity contribution in [3.63, 3.8) is 0 Å². The van der Waals surface area contributed by atoms with E-state index in [1.165, 1.54) is 0 Å². The van der Waals surface area contributed by atoms with E-state index in [0.717, 1.165) is 22.0 Å². The predicted octanol–water partition coefficient (Wildman–Crippen LogP) is 3.31. The van der Waals surface area contributed by atoms with Gasteiger partial charge in [0, 0.05) is 11.6 Å². The Morgan fingerprint density at radius 1 is 1.17 bits per heavy atom. The molecule has 118 valence electrons. The number of hydrogen-bond donors (Lipinski definition) is 0. The molecule has 3 rings (SSSR count). The molecule has 3 aromatic rings. The zero-order valence-corrected chi connectivity index (χ0v) is 13.1. The molecule has 2 aromatic carbocycles. The van der Waals surface area contributed by atoms with Crippen molar-refractivity contribution in [2.45, 2.75) is 13.5 Å². The molecule has 5 heteroatoms. The van der Waals surface area contributed by atoms with Gasteiger partial charge in [0.2, 0.25) is 0 Å². The molecule has 0 bridgehead atoms. The van der Waals surface area contributed by atoms with Crippen molar-refractivity contribution in [2.75, 3.05) is 0 Å². The van der Waals surface area contributed by atoms with E-state index in [4.69, 9.17) is 10.3 Å². The molecule has 0 radical (unpaired) electrons. The van der Waals surface area contributed by atoms with Crippen molar-refractivity contribution in [1.29, 1.82) is 0 Å². The SMILES string of the molecule is Cc1ccc(C(=[N+]=[N-])C(=O)OCc2ccc3ncccc3c2)cc1. The predicted molar refractivity (Wildman–Crippen MR) is 90.4 cm³/mol. The lowest BCUT2D eigenvalue weighted by Crippen LogP contribution is -2.19. The monoisotopic (exact) mass is 317 g/mol. The van der Waals surface area contributed by atoms with E-state index in [2.05, 4.69) is 9.77 Å². The molecule has 24 heavy (non-hydrogen) atoms. The smallest absolute Gasteiger partial charge is 0.422 e. The molecule has 0 aliphatic rings. The third-order valence-electron chi connectivity index (χ3n) is 3.66. The number of aryl methyl sites for hydroxylation is 1. The van der Waals surface area contributed by atoms with Gasteiger partial charge in [0.1, 0.15) is 6.61 Å². The van der Waals surface area contributed by atoms with Crippen LogP contribution >= 0.6 is 0 Å². The van der Waals surface area contributed by atoms with Gasteiger partial charge >= 0.3 is 11.7 Å². The van der Waals surface area contributed by atoms with Crippen LogP contribution in [0.3, 0.4) is 0 Å². The first-order valence-electron chi connectivity index (χ1n) is 7.47. The first-order valence-corrected chi connectivity index (χ1v) is 7.47.